The van der Waals surface area contributed by atoms with Crippen molar-refractivity contribution in [3.63, 3.8) is 0 Å². The Balaban J connectivity index is 1.42. The van der Waals surface area contributed by atoms with E-state index in [1.54, 1.807) is 0 Å². The van der Waals surface area contributed by atoms with Crippen molar-refractivity contribution in [3.05, 3.63) is 64.4 Å². The number of halogens is 1. The number of hydrogen-bond donors (Lipinski definition) is 2. The van der Waals surface area contributed by atoms with Crippen molar-refractivity contribution < 1.29 is 4.79 Å². The summed E-state index contributed by atoms with van der Waals surface area (Å²) in [7, 11) is 0. The minimum Gasteiger partial charge on any atom is -0.356 e. The van der Waals surface area contributed by atoms with Crippen molar-refractivity contribution in [2.24, 2.45) is 0 Å². The van der Waals surface area contributed by atoms with Gasteiger partial charge in [-0.1, -0.05) is 40.2 Å². The lowest BCUT2D eigenvalue weighted by Crippen LogP contribution is -2.26. The summed E-state index contributed by atoms with van der Waals surface area (Å²) >= 11 is 3.39. The molecule has 3 aromatic rings. The molecule has 0 aliphatic heterocycles. The van der Waals surface area contributed by atoms with Crippen LogP contribution < -0.4 is 5.32 Å². The van der Waals surface area contributed by atoms with E-state index in [0.717, 1.165) is 39.7 Å². The highest BCUT2D eigenvalue weighted by Crippen LogP contribution is 2.12. The lowest BCUT2D eigenvalue weighted by atomic mass is 10.1. The van der Waals surface area contributed by atoms with E-state index in [-0.39, 0.29) is 5.91 Å². The molecular formula is C18H18BrN3O. The molecule has 1 heterocycles. The molecule has 0 atom stereocenters. The largest absolute Gasteiger partial charge is 0.356 e. The van der Waals surface area contributed by atoms with Gasteiger partial charge in [-0.05, 0) is 36.2 Å². The van der Waals surface area contributed by atoms with Crippen LogP contribution in [-0.4, -0.2) is 22.4 Å². The second-order valence-corrected chi connectivity index (χ2v) is 6.37. The van der Waals surface area contributed by atoms with Crippen LogP contribution in [0.5, 0.6) is 0 Å². The van der Waals surface area contributed by atoms with Gasteiger partial charge in [0.15, 0.2) is 0 Å². The molecule has 0 aliphatic carbocycles. The Morgan fingerprint density at radius 3 is 2.70 bits per heavy atom. The van der Waals surface area contributed by atoms with Gasteiger partial charge in [-0.3, -0.25) is 4.79 Å². The lowest BCUT2D eigenvalue weighted by molar-refractivity contribution is -0.120. The molecule has 23 heavy (non-hydrogen) atoms. The molecule has 0 saturated heterocycles. The van der Waals surface area contributed by atoms with Gasteiger partial charge in [0.2, 0.25) is 5.91 Å². The predicted octanol–water partition coefficient (Wildman–Crippen LogP) is 3.62. The Labute approximate surface area is 143 Å². The number of nitrogens with zero attached hydrogens (tertiary/aromatic N) is 1. The molecule has 0 saturated carbocycles. The van der Waals surface area contributed by atoms with E-state index in [4.69, 9.17) is 0 Å². The summed E-state index contributed by atoms with van der Waals surface area (Å²) in [6, 6.07) is 15.8. The van der Waals surface area contributed by atoms with Crippen LogP contribution in [0.15, 0.2) is 53.0 Å². The number of carbonyl (C=O) groups is 1. The lowest BCUT2D eigenvalue weighted by Gasteiger charge is -2.05. The Morgan fingerprint density at radius 2 is 1.91 bits per heavy atom. The maximum Gasteiger partial charge on any atom is 0.224 e. The highest BCUT2D eigenvalue weighted by Gasteiger charge is 2.04. The first-order valence-electron chi connectivity index (χ1n) is 7.65. The number of H-pyrrole nitrogens is 1. The fourth-order valence-corrected chi connectivity index (χ4v) is 2.72. The average Bonchev–Trinajstić information content (AvgIpc) is 2.96. The summed E-state index contributed by atoms with van der Waals surface area (Å²) < 4.78 is 1.02. The second-order valence-electron chi connectivity index (χ2n) is 5.46. The minimum absolute atomic E-state index is 0.0527. The maximum absolute atomic E-state index is 11.9. The molecule has 0 fully saturated rings. The van der Waals surface area contributed by atoms with Crippen LogP contribution in [0.3, 0.4) is 0 Å². The number of hydrogen-bond acceptors (Lipinski definition) is 2. The van der Waals surface area contributed by atoms with Crippen LogP contribution in [0, 0.1) is 0 Å². The number of aryl methyl sites for hydroxylation is 1. The minimum atomic E-state index is 0.0527. The second kappa shape index (κ2) is 7.42. The Hall–Kier alpha value is -2.14. The van der Waals surface area contributed by atoms with Gasteiger partial charge in [-0.15, -0.1) is 0 Å². The van der Waals surface area contributed by atoms with E-state index >= 15 is 0 Å². The zero-order valence-electron chi connectivity index (χ0n) is 12.7. The number of nitrogens with one attached hydrogen (secondary N) is 2. The van der Waals surface area contributed by atoms with Gasteiger partial charge in [0, 0.05) is 17.4 Å². The molecule has 4 nitrogen and oxygen atoms in total. The van der Waals surface area contributed by atoms with Crippen molar-refractivity contribution in [3.8, 4) is 0 Å². The molecule has 0 aliphatic rings. The van der Waals surface area contributed by atoms with Gasteiger partial charge >= 0.3 is 0 Å². The number of rotatable bonds is 6. The topological polar surface area (TPSA) is 57.8 Å². The first kappa shape index (κ1) is 15.7. The smallest absolute Gasteiger partial charge is 0.224 e. The van der Waals surface area contributed by atoms with Crippen LogP contribution >= 0.6 is 15.9 Å². The number of benzene rings is 2. The number of aromatic amines is 1. The Kier molecular flexibility index (Phi) is 5.08. The Bertz CT molecular complexity index is 762. The van der Waals surface area contributed by atoms with Crippen molar-refractivity contribution >= 4 is 32.9 Å². The quantitative estimate of drug-likeness (QED) is 0.650. The maximum atomic E-state index is 11.9. The molecule has 5 heteroatoms. The number of para-hydroxylation sites is 2. The standard InChI is InChI=1S/C18H18BrN3O/c19-14-9-7-13(8-10-14)12-18(23)20-11-3-6-17-21-15-4-1-2-5-16(15)22-17/h1-2,4-5,7-10H,3,6,11-12H2,(H,20,23)(H,21,22). The average molecular weight is 372 g/mol. The fourth-order valence-electron chi connectivity index (χ4n) is 2.46. The van der Waals surface area contributed by atoms with Gasteiger partial charge in [0.1, 0.15) is 5.82 Å². The van der Waals surface area contributed by atoms with Crippen LogP contribution in [0.25, 0.3) is 11.0 Å². The molecule has 1 aromatic heterocycles. The zero-order valence-corrected chi connectivity index (χ0v) is 14.3. The number of amides is 1. The first-order valence-corrected chi connectivity index (χ1v) is 8.45. The number of aromatic nitrogens is 2. The van der Waals surface area contributed by atoms with E-state index in [2.05, 4.69) is 31.2 Å². The number of carbonyl (C=O) groups excluding carboxylic acids is 1. The molecule has 118 valence electrons. The summed E-state index contributed by atoms with van der Waals surface area (Å²) in [5.41, 5.74) is 3.06. The molecule has 2 N–H and O–H groups in total. The molecule has 3 rings (SSSR count). The SMILES string of the molecule is O=C(Cc1ccc(Br)cc1)NCCCc1nc2ccccc2[nH]1. The van der Waals surface area contributed by atoms with E-state index in [9.17, 15) is 4.79 Å². The van der Waals surface area contributed by atoms with Gasteiger partial charge in [-0.2, -0.15) is 0 Å². The van der Waals surface area contributed by atoms with Gasteiger partial charge in [0.05, 0.1) is 17.5 Å². The van der Waals surface area contributed by atoms with Gasteiger partial charge < -0.3 is 10.3 Å². The van der Waals surface area contributed by atoms with E-state index < -0.39 is 0 Å². The van der Waals surface area contributed by atoms with Crippen molar-refractivity contribution in [2.45, 2.75) is 19.3 Å². The van der Waals surface area contributed by atoms with Crippen LogP contribution in [0.1, 0.15) is 17.8 Å². The molecule has 2 aromatic carbocycles. The van der Waals surface area contributed by atoms with E-state index in [1.807, 2.05) is 48.5 Å². The van der Waals surface area contributed by atoms with Crippen molar-refractivity contribution in [1.29, 1.82) is 0 Å². The molecular weight excluding hydrogens is 354 g/mol. The summed E-state index contributed by atoms with van der Waals surface area (Å²) in [6.45, 7) is 0.659. The van der Waals surface area contributed by atoms with E-state index in [0.29, 0.717) is 13.0 Å². The third-order valence-electron chi connectivity index (χ3n) is 3.63. The molecule has 0 bridgehead atoms. The highest BCUT2D eigenvalue weighted by atomic mass is 79.9. The van der Waals surface area contributed by atoms with Crippen LogP contribution in [0.2, 0.25) is 0 Å². The van der Waals surface area contributed by atoms with Crippen LogP contribution in [-0.2, 0) is 17.6 Å². The fraction of sp³-hybridized carbons (Fsp3) is 0.222. The summed E-state index contributed by atoms with van der Waals surface area (Å²) in [5.74, 6) is 1.02. The molecule has 0 spiro atoms. The summed E-state index contributed by atoms with van der Waals surface area (Å²) in [4.78, 5) is 19.7. The number of fused-ring (bicyclic) bond motifs is 1. The zero-order chi connectivity index (χ0) is 16.1. The highest BCUT2D eigenvalue weighted by molar-refractivity contribution is 9.10. The third-order valence-corrected chi connectivity index (χ3v) is 4.16. The third kappa shape index (κ3) is 4.42. The van der Waals surface area contributed by atoms with Crippen molar-refractivity contribution in [2.75, 3.05) is 6.54 Å². The first-order chi connectivity index (χ1) is 11.2. The normalized spacial score (nSPS) is 10.8. The van der Waals surface area contributed by atoms with Gasteiger partial charge in [-0.25, -0.2) is 4.98 Å². The van der Waals surface area contributed by atoms with E-state index in [1.165, 1.54) is 0 Å². The van der Waals surface area contributed by atoms with Crippen LogP contribution in [0.4, 0.5) is 0 Å². The summed E-state index contributed by atoms with van der Waals surface area (Å²) in [5, 5.41) is 2.96. The predicted molar refractivity (Wildman–Crippen MR) is 95.3 cm³/mol. The van der Waals surface area contributed by atoms with Crippen molar-refractivity contribution in [1.82, 2.24) is 15.3 Å². The number of imidazole rings is 1. The molecule has 0 unspecified atom stereocenters. The monoisotopic (exact) mass is 371 g/mol. The summed E-state index contributed by atoms with van der Waals surface area (Å²) in [6.07, 6.45) is 2.11. The Morgan fingerprint density at radius 1 is 1.13 bits per heavy atom. The molecule has 1 amide bonds. The molecule has 0 radical (unpaired) electrons. The van der Waals surface area contributed by atoms with Gasteiger partial charge in [0.25, 0.3) is 0 Å².